The Morgan fingerprint density at radius 2 is 1.82 bits per heavy atom. The maximum atomic E-state index is 2.34. The van der Waals surface area contributed by atoms with Gasteiger partial charge in [-0.25, -0.2) is 0 Å². The lowest BCUT2D eigenvalue weighted by molar-refractivity contribution is -0.00000239. The molecule has 0 unspecified atom stereocenters. The second-order valence-electron chi connectivity index (χ2n) is 3.49. The quantitative estimate of drug-likeness (QED) is 0.439. The minimum Gasteiger partial charge on any atom is -1.00 e. The summed E-state index contributed by atoms with van der Waals surface area (Å²) >= 11 is 0. The van der Waals surface area contributed by atoms with Crippen LogP contribution < -0.4 is 29.4 Å². The van der Waals surface area contributed by atoms with Crippen molar-refractivity contribution in [2.45, 2.75) is 0 Å². The van der Waals surface area contributed by atoms with Gasteiger partial charge in [0, 0.05) is 13.2 Å². The van der Waals surface area contributed by atoms with Crippen LogP contribution in [-0.4, -0.2) is 24.6 Å². The summed E-state index contributed by atoms with van der Waals surface area (Å²) in [6, 6.07) is 4.33. The zero-order valence-electron chi connectivity index (χ0n) is 7.50. The molecule has 0 atom stereocenters. The topological polar surface area (TPSA) is 4.93 Å². The molecule has 11 heavy (non-hydrogen) atoms. The van der Waals surface area contributed by atoms with Crippen LogP contribution in [0.15, 0.2) is 18.3 Å². The predicted molar refractivity (Wildman–Crippen MR) is 49.7 cm³/mol. The second-order valence-corrected chi connectivity index (χ2v) is 7.97. The first-order chi connectivity index (χ1) is 4.52. The van der Waals surface area contributed by atoms with Gasteiger partial charge in [-0.05, 0) is 12.1 Å². The number of halogens is 1. The monoisotopic (exact) mass is 283 g/mol. The molecule has 0 aliphatic carbocycles. The predicted octanol–water partition coefficient (Wildman–Crippen LogP) is -1.44. The van der Waals surface area contributed by atoms with E-state index in [0.29, 0.717) is 0 Å². The van der Waals surface area contributed by atoms with Crippen molar-refractivity contribution in [2.75, 3.05) is 20.0 Å². The Balaban J connectivity index is 0.000001000. The largest absolute Gasteiger partial charge is 1.00 e. The van der Waals surface area contributed by atoms with Crippen molar-refractivity contribution in [2.24, 2.45) is 7.05 Å². The smallest absolute Gasteiger partial charge is 0.162 e. The van der Waals surface area contributed by atoms with Gasteiger partial charge in [0.2, 0.25) is 0 Å². The van der Waals surface area contributed by atoms with Gasteiger partial charge in [-0.15, -0.1) is 0 Å². The van der Waals surface area contributed by atoms with Crippen molar-refractivity contribution < 1.29 is 24.0 Å². The van der Waals surface area contributed by atoms with Crippen molar-refractivity contribution >= 4 is 12.7 Å². The molecule has 0 aliphatic rings. The van der Waals surface area contributed by atoms with E-state index in [1.54, 1.807) is 0 Å². The molecule has 0 N–H and O–H groups in total. The van der Waals surface area contributed by atoms with Gasteiger partial charge in [0.05, 0.1) is 27.3 Å². The first-order valence-electron chi connectivity index (χ1n) is 3.45. The number of nitrogens with zero attached hydrogens (tertiary/aromatic N) is 1. The number of hydrogen-bond acceptors (Lipinski definition) is 0. The Hall–Kier alpha value is 0.440. The van der Waals surface area contributed by atoms with Crippen molar-refractivity contribution in [3.8, 4) is 0 Å². The number of hydrogen-bond donors (Lipinski definition) is 0. The van der Waals surface area contributed by atoms with Crippen molar-refractivity contribution in [1.82, 2.24) is 4.57 Å². The summed E-state index contributed by atoms with van der Waals surface area (Å²) in [6.07, 6.45) is 2.11. The molecule has 64 valence electrons. The lowest BCUT2D eigenvalue weighted by Gasteiger charge is -2.11. The molecule has 0 bridgehead atoms. The molecule has 0 aliphatic heterocycles. The Labute approximate surface area is 86.5 Å². The first-order valence-corrected chi connectivity index (χ1v) is 6.58. The molecule has 0 saturated heterocycles. The van der Waals surface area contributed by atoms with E-state index in [0.717, 1.165) is 0 Å². The van der Waals surface area contributed by atoms with Gasteiger partial charge in [-0.1, -0.05) is 0 Å². The summed E-state index contributed by atoms with van der Waals surface area (Å²) in [7, 11) is 1.32. The van der Waals surface area contributed by atoms with Gasteiger partial charge >= 0.3 is 0 Å². The van der Waals surface area contributed by atoms with Crippen molar-refractivity contribution in [1.29, 1.82) is 0 Å². The Morgan fingerprint density at radius 3 is 2.00 bits per heavy atom. The lowest BCUT2D eigenvalue weighted by Crippen LogP contribution is -3.00. The molecular formula is C8H15INP. The van der Waals surface area contributed by atoms with E-state index < -0.39 is 7.26 Å². The molecule has 0 saturated carbocycles. The Bertz CT molecular complexity index is 224. The maximum Gasteiger partial charge on any atom is 0.162 e. The van der Waals surface area contributed by atoms with Gasteiger partial charge in [0.15, 0.2) is 5.44 Å². The maximum absolute atomic E-state index is 2.34. The molecule has 1 nitrogen and oxygen atoms in total. The van der Waals surface area contributed by atoms with Gasteiger partial charge in [0.1, 0.15) is 0 Å². The minimum atomic E-state index is -0.795. The van der Waals surface area contributed by atoms with Gasteiger partial charge in [-0.2, -0.15) is 0 Å². The fourth-order valence-electron chi connectivity index (χ4n) is 1.15. The van der Waals surface area contributed by atoms with E-state index in [2.05, 4.69) is 49.9 Å². The van der Waals surface area contributed by atoms with Gasteiger partial charge in [-0.3, -0.25) is 0 Å². The molecule has 1 aromatic rings. The van der Waals surface area contributed by atoms with Gasteiger partial charge in [0.25, 0.3) is 0 Å². The summed E-state index contributed by atoms with van der Waals surface area (Å²) in [5.74, 6) is 0. The van der Waals surface area contributed by atoms with E-state index in [4.69, 9.17) is 0 Å². The number of rotatable bonds is 1. The average molecular weight is 283 g/mol. The number of aromatic nitrogens is 1. The minimum absolute atomic E-state index is 0. The standard InChI is InChI=1S/C8H15NP.HI/c1-9-7-5-6-8(9)10(2,3)4;/h5-7H,1-4H3;1H/q+1;/p-1. The highest BCUT2D eigenvalue weighted by molar-refractivity contribution is 7.80. The normalized spacial score (nSPS) is 10.9. The van der Waals surface area contributed by atoms with E-state index in [9.17, 15) is 0 Å². The molecule has 0 amide bonds. The molecule has 0 radical (unpaired) electrons. The van der Waals surface area contributed by atoms with E-state index >= 15 is 0 Å². The van der Waals surface area contributed by atoms with Crippen LogP contribution >= 0.6 is 7.26 Å². The van der Waals surface area contributed by atoms with E-state index in [-0.39, 0.29) is 24.0 Å². The van der Waals surface area contributed by atoms with Crippen LogP contribution in [0.2, 0.25) is 0 Å². The fraction of sp³-hybridized carbons (Fsp3) is 0.500. The highest BCUT2D eigenvalue weighted by atomic mass is 127. The Morgan fingerprint density at radius 1 is 1.27 bits per heavy atom. The summed E-state index contributed by atoms with van der Waals surface area (Å²) < 4.78 is 2.22. The van der Waals surface area contributed by atoms with Crippen LogP contribution in [0.1, 0.15) is 0 Å². The molecular weight excluding hydrogens is 268 g/mol. The SMILES string of the molecule is Cn1cccc1[P+](C)(C)C.[I-]. The zero-order chi connectivity index (χ0) is 7.78. The fourth-order valence-corrected chi connectivity index (χ4v) is 2.70. The summed E-state index contributed by atoms with van der Waals surface area (Å²) in [4.78, 5) is 0. The highest BCUT2D eigenvalue weighted by Crippen LogP contribution is 2.44. The highest BCUT2D eigenvalue weighted by Gasteiger charge is 2.23. The van der Waals surface area contributed by atoms with Crippen LogP contribution in [0, 0.1) is 0 Å². The average Bonchev–Trinajstić information content (AvgIpc) is 2.11. The third-order valence-corrected chi connectivity index (χ3v) is 3.44. The van der Waals surface area contributed by atoms with E-state index in [1.807, 2.05) is 0 Å². The van der Waals surface area contributed by atoms with Crippen molar-refractivity contribution in [3.05, 3.63) is 18.3 Å². The molecule has 1 aromatic heterocycles. The van der Waals surface area contributed by atoms with Gasteiger partial charge < -0.3 is 28.5 Å². The molecule has 3 heteroatoms. The molecule has 0 fully saturated rings. The van der Waals surface area contributed by atoms with Crippen LogP contribution in [-0.2, 0) is 7.05 Å². The van der Waals surface area contributed by atoms with Crippen LogP contribution in [0.3, 0.4) is 0 Å². The Kier molecular flexibility index (Phi) is 4.06. The molecule has 1 rings (SSSR count). The van der Waals surface area contributed by atoms with Crippen LogP contribution in [0.25, 0.3) is 0 Å². The van der Waals surface area contributed by atoms with Crippen LogP contribution in [0.4, 0.5) is 0 Å². The molecule has 0 aromatic carbocycles. The summed E-state index contributed by atoms with van der Waals surface area (Å²) in [6.45, 7) is 7.01. The summed E-state index contributed by atoms with van der Waals surface area (Å²) in [5, 5.41) is 0. The first kappa shape index (κ1) is 11.4. The molecule has 1 heterocycles. The third kappa shape index (κ3) is 2.75. The second kappa shape index (κ2) is 3.90. The molecule has 0 spiro atoms. The third-order valence-electron chi connectivity index (χ3n) is 1.60. The summed E-state index contributed by atoms with van der Waals surface area (Å²) in [5.41, 5.74) is 1.49. The van der Waals surface area contributed by atoms with Crippen molar-refractivity contribution in [3.63, 3.8) is 0 Å². The van der Waals surface area contributed by atoms with E-state index in [1.165, 1.54) is 5.44 Å². The zero-order valence-corrected chi connectivity index (χ0v) is 10.6. The number of aryl methyl sites for hydroxylation is 1. The lowest BCUT2D eigenvalue weighted by atomic mass is 10.7. The van der Waals surface area contributed by atoms with Crippen LogP contribution in [0.5, 0.6) is 0 Å².